The van der Waals surface area contributed by atoms with Gasteiger partial charge in [-0.2, -0.15) is 0 Å². The van der Waals surface area contributed by atoms with E-state index in [4.69, 9.17) is 14.3 Å². The Morgan fingerprint density at radius 1 is 1.25 bits per heavy atom. The molecule has 0 saturated carbocycles. The van der Waals surface area contributed by atoms with Gasteiger partial charge in [-0.05, 0) is 30.7 Å². The molecule has 0 fully saturated rings. The standard InChI is InChI=1S/C15H12O5/c1-10-15(13(17)8-9-19-10)20-14(18)7-4-11-2-5-12(16)6-3-11/h2-9,16H,1H3. The van der Waals surface area contributed by atoms with Crippen molar-refractivity contribution in [1.82, 2.24) is 0 Å². The van der Waals surface area contributed by atoms with Gasteiger partial charge in [0.15, 0.2) is 0 Å². The highest BCUT2D eigenvalue weighted by Gasteiger charge is 2.09. The topological polar surface area (TPSA) is 76.7 Å². The molecule has 1 heterocycles. The van der Waals surface area contributed by atoms with Gasteiger partial charge >= 0.3 is 5.97 Å². The molecule has 2 aromatic rings. The zero-order chi connectivity index (χ0) is 14.5. The van der Waals surface area contributed by atoms with Gasteiger partial charge in [0.2, 0.25) is 11.2 Å². The predicted octanol–water partition coefficient (Wildman–Crippen LogP) is 2.27. The predicted molar refractivity (Wildman–Crippen MR) is 72.5 cm³/mol. The number of hydrogen-bond acceptors (Lipinski definition) is 5. The third-order valence-electron chi connectivity index (χ3n) is 2.52. The molecule has 1 aromatic heterocycles. The van der Waals surface area contributed by atoms with Crippen LogP contribution in [0.15, 0.2) is 51.9 Å². The zero-order valence-electron chi connectivity index (χ0n) is 10.7. The van der Waals surface area contributed by atoms with Crippen LogP contribution in [0.25, 0.3) is 6.08 Å². The molecule has 5 nitrogen and oxygen atoms in total. The van der Waals surface area contributed by atoms with Gasteiger partial charge in [0, 0.05) is 12.1 Å². The number of carbonyl (C=O) groups excluding carboxylic acids is 1. The molecule has 0 unspecified atom stereocenters. The van der Waals surface area contributed by atoms with Gasteiger partial charge in [0.05, 0.1) is 6.26 Å². The van der Waals surface area contributed by atoms with E-state index >= 15 is 0 Å². The van der Waals surface area contributed by atoms with E-state index in [0.717, 1.165) is 5.56 Å². The number of phenols is 1. The Bertz CT molecular complexity index is 695. The Morgan fingerprint density at radius 3 is 2.60 bits per heavy atom. The van der Waals surface area contributed by atoms with E-state index in [1.54, 1.807) is 12.1 Å². The zero-order valence-corrected chi connectivity index (χ0v) is 10.7. The van der Waals surface area contributed by atoms with Crippen LogP contribution in [0.5, 0.6) is 11.5 Å². The van der Waals surface area contributed by atoms with Crippen molar-refractivity contribution in [2.24, 2.45) is 0 Å². The first-order valence-electron chi connectivity index (χ1n) is 5.83. The van der Waals surface area contributed by atoms with E-state index in [-0.39, 0.29) is 17.3 Å². The molecule has 5 heteroatoms. The second-order valence-corrected chi connectivity index (χ2v) is 4.02. The maximum absolute atomic E-state index is 11.6. The number of carbonyl (C=O) groups is 1. The quantitative estimate of drug-likeness (QED) is 0.685. The molecular weight excluding hydrogens is 260 g/mol. The lowest BCUT2D eigenvalue weighted by molar-refractivity contribution is -0.129. The summed E-state index contributed by atoms with van der Waals surface area (Å²) in [5, 5.41) is 9.13. The molecule has 0 aliphatic carbocycles. The lowest BCUT2D eigenvalue weighted by Crippen LogP contribution is -2.13. The molecular formula is C15H12O5. The molecule has 0 spiro atoms. The van der Waals surface area contributed by atoms with Crippen molar-refractivity contribution in [3.05, 3.63) is 64.2 Å². The fourth-order valence-electron chi connectivity index (χ4n) is 1.51. The van der Waals surface area contributed by atoms with Crippen LogP contribution in [-0.2, 0) is 4.79 Å². The average molecular weight is 272 g/mol. The molecule has 0 atom stereocenters. The van der Waals surface area contributed by atoms with Crippen LogP contribution in [0.2, 0.25) is 0 Å². The van der Waals surface area contributed by atoms with E-state index < -0.39 is 11.4 Å². The average Bonchev–Trinajstić information content (AvgIpc) is 2.42. The van der Waals surface area contributed by atoms with Gasteiger partial charge in [-0.1, -0.05) is 12.1 Å². The molecule has 0 aliphatic rings. The van der Waals surface area contributed by atoms with Crippen molar-refractivity contribution >= 4 is 12.0 Å². The molecule has 20 heavy (non-hydrogen) atoms. The summed E-state index contributed by atoms with van der Waals surface area (Å²) >= 11 is 0. The molecule has 102 valence electrons. The SMILES string of the molecule is Cc1occc(=O)c1OC(=O)C=Cc1ccc(O)cc1. The number of rotatable bonds is 3. The van der Waals surface area contributed by atoms with Crippen LogP contribution < -0.4 is 10.2 Å². The van der Waals surface area contributed by atoms with E-state index in [2.05, 4.69) is 0 Å². The summed E-state index contributed by atoms with van der Waals surface area (Å²) in [4.78, 5) is 23.1. The maximum Gasteiger partial charge on any atom is 0.336 e. The number of esters is 1. The molecule has 2 rings (SSSR count). The van der Waals surface area contributed by atoms with E-state index in [1.165, 1.54) is 43.5 Å². The summed E-state index contributed by atoms with van der Waals surface area (Å²) in [6.45, 7) is 1.54. The minimum atomic E-state index is -0.681. The second kappa shape index (κ2) is 5.88. The number of hydrogen-bond donors (Lipinski definition) is 1. The van der Waals surface area contributed by atoms with Crippen molar-refractivity contribution in [2.45, 2.75) is 6.92 Å². The Morgan fingerprint density at radius 2 is 1.95 bits per heavy atom. The largest absolute Gasteiger partial charge is 0.508 e. The van der Waals surface area contributed by atoms with Gasteiger partial charge in [-0.3, -0.25) is 4.79 Å². The fraction of sp³-hybridized carbons (Fsp3) is 0.0667. The summed E-state index contributed by atoms with van der Waals surface area (Å²) in [5.74, 6) is -0.418. The molecule has 0 bridgehead atoms. The lowest BCUT2D eigenvalue weighted by Gasteiger charge is -2.02. The third kappa shape index (κ3) is 3.35. The Balaban J connectivity index is 2.09. The van der Waals surface area contributed by atoms with Crippen LogP contribution in [0.3, 0.4) is 0 Å². The Labute approximate surface area is 114 Å². The maximum atomic E-state index is 11.6. The van der Waals surface area contributed by atoms with Crippen molar-refractivity contribution in [3.63, 3.8) is 0 Å². The fourth-order valence-corrected chi connectivity index (χ4v) is 1.51. The van der Waals surface area contributed by atoms with E-state index in [0.29, 0.717) is 0 Å². The summed E-state index contributed by atoms with van der Waals surface area (Å²) in [6, 6.07) is 7.46. The normalized spacial score (nSPS) is 10.7. The molecule has 1 N–H and O–H groups in total. The number of ether oxygens (including phenoxy) is 1. The van der Waals surface area contributed by atoms with Crippen LogP contribution in [0.4, 0.5) is 0 Å². The molecule has 0 aliphatic heterocycles. The highest BCUT2D eigenvalue weighted by molar-refractivity contribution is 5.88. The molecule has 1 aromatic carbocycles. The number of aryl methyl sites for hydroxylation is 1. The summed E-state index contributed by atoms with van der Waals surface area (Å²) in [6.07, 6.45) is 3.95. The van der Waals surface area contributed by atoms with Crippen molar-refractivity contribution < 1.29 is 19.1 Å². The van der Waals surface area contributed by atoms with Gasteiger partial charge < -0.3 is 14.3 Å². The van der Waals surface area contributed by atoms with Crippen LogP contribution in [0.1, 0.15) is 11.3 Å². The second-order valence-electron chi connectivity index (χ2n) is 4.02. The summed E-state index contributed by atoms with van der Waals surface area (Å²) < 4.78 is 9.93. The molecule has 0 amide bonds. The minimum Gasteiger partial charge on any atom is -0.508 e. The highest BCUT2D eigenvalue weighted by Crippen LogP contribution is 2.13. The van der Waals surface area contributed by atoms with Gasteiger partial charge in [-0.25, -0.2) is 4.79 Å². The first-order valence-corrected chi connectivity index (χ1v) is 5.83. The van der Waals surface area contributed by atoms with Gasteiger partial charge in [-0.15, -0.1) is 0 Å². The number of aromatic hydroxyl groups is 1. The van der Waals surface area contributed by atoms with Crippen molar-refractivity contribution in [2.75, 3.05) is 0 Å². The first-order chi connectivity index (χ1) is 9.56. The summed E-state index contributed by atoms with van der Waals surface area (Å²) in [7, 11) is 0. The van der Waals surface area contributed by atoms with Gasteiger partial charge in [0.25, 0.3) is 0 Å². The molecule has 0 radical (unpaired) electrons. The van der Waals surface area contributed by atoms with Crippen LogP contribution in [0, 0.1) is 6.92 Å². The van der Waals surface area contributed by atoms with Crippen molar-refractivity contribution in [1.29, 1.82) is 0 Å². The monoisotopic (exact) mass is 272 g/mol. The van der Waals surface area contributed by atoms with E-state index in [1.807, 2.05) is 0 Å². The number of benzene rings is 1. The first kappa shape index (κ1) is 13.6. The smallest absolute Gasteiger partial charge is 0.336 e. The van der Waals surface area contributed by atoms with E-state index in [9.17, 15) is 9.59 Å². The summed E-state index contributed by atoms with van der Waals surface area (Å²) in [5.41, 5.74) is 0.303. The van der Waals surface area contributed by atoms with Crippen LogP contribution in [-0.4, -0.2) is 11.1 Å². The Hall–Kier alpha value is -2.82. The minimum absolute atomic E-state index is 0.118. The van der Waals surface area contributed by atoms with Gasteiger partial charge in [0.1, 0.15) is 11.5 Å². The van der Waals surface area contributed by atoms with Crippen LogP contribution >= 0.6 is 0 Å². The Kier molecular flexibility index (Phi) is 4.00. The number of phenolic OH excluding ortho intramolecular Hbond substituents is 1. The lowest BCUT2D eigenvalue weighted by atomic mass is 10.2. The molecule has 0 saturated heterocycles. The third-order valence-corrected chi connectivity index (χ3v) is 2.52. The van der Waals surface area contributed by atoms with Crippen molar-refractivity contribution in [3.8, 4) is 11.5 Å². The highest BCUT2D eigenvalue weighted by atomic mass is 16.5.